The molecule has 0 bridgehead atoms. The standard InChI is InChI=1S/C17H24N2O3/c20-16-7-2-1-6-15(16)17(21)19-10-8-18(9-11-19)13-14-5-3-4-12-22-14/h1-2,6-7,14,20H,3-5,8-13H2/t14-/m1/s1. The molecule has 1 aromatic rings. The summed E-state index contributed by atoms with van der Waals surface area (Å²) >= 11 is 0. The zero-order chi connectivity index (χ0) is 15.4. The lowest BCUT2D eigenvalue weighted by Gasteiger charge is -2.37. The van der Waals surface area contributed by atoms with Crippen LogP contribution in [-0.2, 0) is 4.74 Å². The molecule has 2 aliphatic rings. The largest absolute Gasteiger partial charge is 0.507 e. The molecule has 0 spiro atoms. The van der Waals surface area contributed by atoms with E-state index in [0.717, 1.165) is 32.7 Å². The minimum atomic E-state index is -0.0772. The van der Waals surface area contributed by atoms with E-state index in [1.165, 1.54) is 12.8 Å². The number of aromatic hydroxyl groups is 1. The summed E-state index contributed by atoms with van der Waals surface area (Å²) in [5.74, 6) is -0.0165. The van der Waals surface area contributed by atoms with Gasteiger partial charge in [-0.1, -0.05) is 12.1 Å². The zero-order valence-corrected chi connectivity index (χ0v) is 12.9. The number of benzene rings is 1. The van der Waals surface area contributed by atoms with Crippen LogP contribution in [-0.4, -0.2) is 66.2 Å². The number of ether oxygens (including phenoxy) is 1. The zero-order valence-electron chi connectivity index (χ0n) is 12.9. The maximum absolute atomic E-state index is 12.4. The molecule has 0 aromatic heterocycles. The van der Waals surface area contributed by atoms with Gasteiger partial charge >= 0.3 is 0 Å². The van der Waals surface area contributed by atoms with Gasteiger partial charge in [-0.3, -0.25) is 9.69 Å². The Morgan fingerprint density at radius 2 is 1.95 bits per heavy atom. The Balaban J connectivity index is 1.51. The van der Waals surface area contributed by atoms with Gasteiger partial charge in [0.05, 0.1) is 11.7 Å². The average Bonchev–Trinajstić information content (AvgIpc) is 2.56. The van der Waals surface area contributed by atoms with Crippen LogP contribution >= 0.6 is 0 Å². The van der Waals surface area contributed by atoms with Crippen molar-refractivity contribution in [2.75, 3.05) is 39.3 Å². The predicted octanol–water partition coefficient (Wildman–Crippen LogP) is 1.72. The SMILES string of the molecule is O=C(c1ccccc1O)N1CCN(C[C@H]2CCCCO2)CC1. The summed E-state index contributed by atoms with van der Waals surface area (Å²) < 4.78 is 5.78. The monoisotopic (exact) mass is 304 g/mol. The minimum Gasteiger partial charge on any atom is -0.507 e. The van der Waals surface area contributed by atoms with E-state index in [-0.39, 0.29) is 11.7 Å². The molecular formula is C17H24N2O3. The van der Waals surface area contributed by atoms with Gasteiger partial charge in [0.15, 0.2) is 0 Å². The second kappa shape index (κ2) is 7.11. The van der Waals surface area contributed by atoms with Crippen molar-refractivity contribution in [1.82, 2.24) is 9.80 Å². The summed E-state index contributed by atoms with van der Waals surface area (Å²) in [6.45, 7) is 5.02. The molecule has 0 unspecified atom stereocenters. The Hall–Kier alpha value is -1.59. The van der Waals surface area contributed by atoms with Crippen LogP contribution in [0.3, 0.4) is 0 Å². The average molecular weight is 304 g/mol. The lowest BCUT2D eigenvalue weighted by molar-refractivity contribution is -0.0130. The van der Waals surface area contributed by atoms with Crippen LogP contribution in [0.15, 0.2) is 24.3 Å². The van der Waals surface area contributed by atoms with Gasteiger partial charge in [0.2, 0.25) is 0 Å². The number of piperazine rings is 1. The van der Waals surface area contributed by atoms with Crippen LogP contribution in [0, 0.1) is 0 Å². The van der Waals surface area contributed by atoms with Gasteiger partial charge in [0, 0.05) is 39.3 Å². The summed E-state index contributed by atoms with van der Waals surface area (Å²) in [6, 6.07) is 6.75. The molecule has 0 aliphatic carbocycles. The van der Waals surface area contributed by atoms with Gasteiger partial charge in [-0.05, 0) is 31.4 Å². The molecule has 2 aliphatic heterocycles. The highest BCUT2D eigenvalue weighted by molar-refractivity contribution is 5.96. The van der Waals surface area contributed by atoms with Crippen LogP contribution in [0.2, 0.25) is 0 Å². The minimum absolute atomic E-state index is 0.0607. The number of hydrogen-bond donors (Lipinski definition) is 1. The first-order valence-corrected chi connectivity index (χ1v) is 8.15. The number of phenolic OH excluding ortho intramolecular Hbond substituents is 1. The Kier molecular flexibility index (Phi) is 4.95. The van der Waals surface area contributed by atoms with Crippen LogP contribution in [0.25, 0.3) is 0 Å². The molecule has 0 saturated carbocycles. The number of rotatable bonds is 3. The molecule has 5 heteroatoms. The number of amides is 1. The van der Waals surface area contributed by atoms with E-state index < -0.39 is 0 Å². The van der Waals surface area contributed by atoms with E-state index in [4.69, 9.17) is 4.74 Å². The molecule has 1 amide bonds. The van der Waals surface area contributed by atoms with Gasteiger partial charge in [-0.2, -0.15) is 0 Å². The summed E-state index contributed by atoms with van der Waals surface area (Å²) in [5.41, 5.74) is 0.395. The topological polar surface area (TPSA) is 53.0 Å². The van der Waals surface area contributed by atoms with Crippen LogP contribution in [0.1, 0.15) is 29.6 Å². The van der Waals surface area contributed by atoms with E-state index in [2.05, 4.69) is 4.90 Å². The molecule has 2 heterocycles. The third kappa shape index (κ3) is 3.59. The molecule has 2 saturated heterocycles. The van der Waals surface area contributed by atoms with Crippen molar-refractivity contribution in [3.63, 3.8) is 0 Å². The smallest absolute Gasteiger partial charge is 0.257 e. The van der Waals surface area contributed by atoms with Crippen molar-refractivity contribution in [3.8, 4) is 5.75 Å². The number of carbonyl (C=O) groups excluding carboxylic acids is 1. The van der Waals surface area contributed by atoms with Gasteiger partial charge in [0.25, 0.3) is 5.91 Å². The molecule has 0 radical (unpaired) electrons. The number of carbonyl (C=O) groups is 1. The lowest BCUT2D eigenvalue weighted by Crippen LogP contribution is -2.50. The first kappa shape index (κ1) is 15.3. The van der Waals surface area contributed by atoms with Gasteiger partial charge in [0.1, 0.15) is 5.75 Å². The Labute approximate surface area is 131 Å². The van der Waals surface area contributed by atoms with Crippen molar-refractivity contribution in [2.45, 2.75) is 25.4 Å². The normalized spacial score (nSPS) is 23.5. The van der Waals surface area contributed by atoms with Crippen molar-refractivity contribution in [3.05, 3.63) is 29.8 Å². The highest BCUT2D eigenvalue weighted by Crippen LogP contribution is 2.19. The predicted molar refractivity (Wildman–Crippen MR) is 84.0 cm³/mol. The molecular weight excluding hydrogens is 280 g/mol. The highest BCUT2D eigenvalue weighted by Gasteiger charge is 2.25. The van der Waals surface area contributed by atoms with E-state index in [9.17, 15) is 9.90 Å². The van der Waals surface area contributed by atoms with E-state index in [1.54, 1.807) is 24.3 Å². The number of para-hydroxylation sites is 1. The second-order valence-electron chi connectivity index (χ2n) is 6.10. The summed E-state index contributed by atoms with van der Waals surface area (Å²) in [6.07, 6.45) is 3.95. The first-order chi connectivity index (χ1) is 10.7. The van der Waals surface area contributed by atoms with Crippen LogP contribution < -0.4 is 0 Å². The Morgan fingerprint density at radius 1 is 1.18 bits per heavy atom. The fourth-order valence-electron chi connectivity index (χ4n) is 3.20. The molecule has 22 heavy (non-hydrogen) atoms. The molecule has 1 N–H and O–H groups in total. The molecule has 3 rings (SSSR count). The Morgan fingerprint density at radius 3 is 2.64 bits per heavy atom. The number of phenols is 1. The first-order valence-electron chi connectivity index (χ1n) is 8.15. The highest BCUT2D eigenvalue weighted by atomic mass is 16.5. The summed E-state index contributed by atoms with van der Waals surface area (Å²) in [4.78, 5) is 16.6. The van der Waals surface area contributed by atoms with Crippen molar-refractivity contribution in [2.24, 2.45) is 0 Å². The third-order valence-corrected chi connectivity index (χ3v) is 4.53. The fourth-order valence-corrected chi connectivity index (χ4v) is 3.20. The Bertz CT molecular complexity index is 506. The summed E-state index contributed by atoms with van der Waals surface area (Å²) in [7, 11) is 0. The van der Waals surface area contributed by atoms with E-state index in [0.29, 0.717) is 24.8 Å². The summed E-state index contributed by atoms with van der Waals surface area (Å²) in [5, 5.41) is 9.81. The van der Waals surface area contributed by atoms with Crippen LogP contribution in [0.5, 0.6) is 5.75 Å². The number of nitrogens with zero attached hydrogens (tertiary/aromatic N) is 2. The second-order valence-corrected chi connectivity index (χ2v) is 6.10. The van der Waals surface area contributed by atoms with Crippen molar-refractivity contribution < 1.29 is 14.6 Å². The number of hydrogen-bond acceptors (Lipinski definition) is 4. The van der Waals surface area contributed by atoms with Crippen molar-refractivity contribution >= 4 is 5.91 Å². The van der Waals surface area contributed by atoms with E-state index >= 15 is 0 Å². The molecule has 2 fully saturated rings. The molecule has 5 nitrogen and oxygen atoms in total. The molecule has 1 aromatic carbocycles. The van der Waals surface area contributed by atoms with Gasteiger partial charge < -0.3 is 14.7 Å². The molecule has 120 valence electrons. The third-order valence-electron chi connectivity index (χ3n) is 4.53. The lowest BCUT2D eigenvalue weighted by atomic mass is 10.1. The fraction of sp³-hybridized carbons (Fsp3) is 0.588. The quantitative estimate of drug-likeness (QED) is 0.924. The van der Waals surface area contributed by atoms with Crippen LogP contribution in [0.4, 0.5) is 0 Å². The van der Waals surface area contributed by atoms with E-state index in [1.807, 2.05) is 4.90 Å². The maximum Gasteiger partial charge on any atom is 0.257 e. The van der Waals surface area contributed by atoms with Gasteiger partial charge in [-0.15, -0.1) is 0 Å². The van der Waals surface area contributed by atoms with Gasteiger partial charge in [-0.25, -0.2) is 0 Å². The van der Waals surface area contributed by atoms with Crippen molar-refractivity contribution in [1.29, 1.82) is 0 Å². The molecule has 1 atom stereocenters. The maximum atomic E-state index is 12.4.